The molecule has 2 heterocycles. The standard InChI is InChI=1S/C20H16ClFN2O3/c1-26-20(6-7-27-18-9-16(22)15(21)8-14(18)20)19(25)24-17-11-23-10-12-4-2-3-5-13(12)17/h2-5,8-11H,6-7H2,1H3,(H,24,25)/t20-/m1/s1. The van der Waals surface area contributed by atoms with Crippen LogP contribution in [0.1, 0.15) is 12.0 Å². The zero-order chi connectivity index (χ0) is 19.0. The summed E-state index contributed by atoms with van der Waals surface area (Å²) >= 11 is 5.95. The number of benzene rings is 2. The molecule has 0 spiro atoms. The summed E-state index contributed by atoms with van der Waals surface area (Å²) in [5.74, 6) is -0.757. The molecule has 4 rings (SSSR count). The minimum absolute atomic E-state index is 0.0969. The number of halogens is 2. The molecule has 1 aliphatic rings. The van der Waals surface area contributed by atoms with Crippen LogP contribution in [0.3, 0.4) is 0 Å². The molecule has 1 amide bonds. The van der Waals surface area contributed by atoms with Gasteiger partial charge in [0.05, 0.1) is 23.5 Å². The molecular weight excluding hydrogens is 371 g/mol. The quantitative estimate of drug-likeness (QED) is 0.729. The molecule has 3 aromatic rings. The third-order valence-corrected chi connectivity index (χ3v) is 5.09. The van der Waals surface area contributed by atoms with Gasteiger partial charge in [-0.1, -0.05) is 35.9 Å². The number of anilines is 1. The van der Waals surface area contributed by atoms with Crippen LogP contribution in [-0.2, 0) is 15.1 Å². The number of methoxy groups -OCH3 is 1. The Bertz CT molecular complexity index is 1040. The maximum Gasteiger partial charge on any atom is 0.261 e. The lowest BCUT2D eigenvalue weighted by Crippen LogP contribution is -2.45. The molecule has 1 N–H and O–H groups in total. The third kappa shape index (κ3) is 2.91. The predicted molar refractivity (Wildman–Crippen MR) is 101 cm³/mol. The Morgan fingerprint density at radius 2 is 2.15 bits per heavy atom. The van der Waals surface area contributed by atoms with E-state index in [2.05, 4.69) is 10.3 Å². The first-order chi connectivity index (χ1) is 13.0. The molecule has 0 fully saturated rings. The van der Waals surface area contributed by atoms with Crippen LogP contribution in [0, 0.1) is 5.82 Å². The topological polar surface area (TPSA) is 60.5 Å². The van der Waals surface area contributed by atoms with E-state index in [1.54, 1.807) is 12.4 Å². The fourth-order valence-corrected chi connectivity index (χ4v) is 3.55. The van der Waals surface area contributed by atoms with Crippen molar-refractivity contribution in [1.29, 1.82) is 0 Å². The first-order valence-corrected chi connectivity index (χ1v) is 8.74. The second-order valence-electron chi connectivity index (χ2n) is 6.25. The summed E-state index contributed by atoms with van der Waals surface area (Å²) in [5.41, 5.74) is -0.383. The molecule has 0 saturated heterocycles. The molecule has 2 aromatic carbocycles. The molecule has 0 saturated carbocycles. The van der Waals surface area contributed by atoms with E-state index in [1.807, 2.05) is 24.3 Å². The zero-order valence-electron chi connectivity index (χ0n) is 14.5. The number of hydrogen-bond acceptors (Lipinski definition) is 4. The summed E-state index contributed by atoms with van der Waals surface area (Å²) in [7, 11) is 1.44. The van der Waals surface area contributed by atoms with Crippen LogP contribution < -0.4 is 10.1 Å². The van der Waals surface area contributed by atoms with Crippen LogP contribution in [0.4, 0.5) is 10.1 Å². The van der Waals surface area contributed by atoms with Gasteiger partial charge in [-0.15, -0.1) is 0 Å². The molecule has 0 aliphatic carbocycles. The summed E-state index contributed by atoms with van der Waals surface area (Å²) in [6.45, 7) is 0.211. The van der Waals surface area contributed by atoms with E-state index in [9.17, 15) is 9.18 Å². The summed E-state index contributed by atoms with van der Waals surface area (Å²) in [6.07, 6.45) is 3.58. The van der Waals surface area contributed by atoms with E-state index in [0.717, 1.165) is 10.8 Å². The molecule has 1 atom stereocenters. The molecule has 0 bridgehead atoms. The van der Waals surface area contributed by atoms with Crippen LogP contribution in [0.15, 0.2) is 48.8 Å². The SMILES string of the molecule is CO[C@]1(C(=O)Nc2cncc3ccccc23)CCOc2cc(F)c(Cl)cc21. The van der Waals surface area contributed by atoms with Gasteiger partial charge in [0.25, 0.3) is 5.91 Å². The molecule has 7 heteroatoms. The Kier molecular flexibility index (Phi) is 4.45. The molecule has 27 heavy (non-hydrogen) atoms. The van der Waals surface area contributed by atoms with Crippen LogP contribution >= 0.6 is 11.6 Å². The van der Waals surface area contributed by atoms with Crippen LogP contribution in [0.5, 0.6) is 5.75 Å². The lowest BCUT2D eigenvalue weighted by molar-refractivity contribution is -0.142. The monoisotopic (exact) mass is 386 g/mol. The Morgan fingerprint density at radius 1 is 1.33 bits per heavy atom. The van der Waals surface area contributed by atoms with Crippen molar-refractivity contribution >= 4 is 34.0 Å². The van der Waals surface area contributed by atoms with Gasteiger partial charge in [0.1, 0.15) is 11.6 Å². The Hall–Kier alpha value is -2.70. The van der Waals surface area contributed by atoms with Gasteiger partial charge in [-0.25, -0.2) is 4.39 Å². The highest BCUT2D eigenvalue weighted by Crippen LogP contribution is 2.42. The van der Waals surface area contributed by atoms with Gasteiger partial charge in [0.15, 0.2) is 5.60 Å². The number of ether oxygens (including phenoxy) is 2. The Labute approximate surface area is 160 Å². The molecule has 5 nitrogen and oxygen atoms in total. The number of fused-ring (bicyclic) bond motifs is 2. The number of amides is 1. The third-order valence-electron chi connectivity index (χ3n) is 4.80. The van der Waals surface area contributed by atoms with Gasteiger partial charge in [-0.3, -0.25) is 9.78 Å². The summed E-state index contributed by atoms with van der Waals surface area (Å²) in [6, 6.07) is 10.2. The predicted octanol–water partition coefficient (Wildman–Crippen LogP) is 4.29. The first-order valence-electron chi connectivity index (χ1n) is 8.37. The highest BCUT2D eigenvalue weighted by atomic mass is 35.5. The second-order valence-corrected chi connectivity index (χ2v) is 6.66. The van der Waals surface area contributed by atoms with Crippen molar-refractivity contribution in [1.82, 2.24) is 4.98 Å². The minimum atomic E-state index is -1.35. The van der Waals surface area contributed by atoms with Crippen molar-refractivity contribution in [3.05, 3.63) is 65.2 Å². The Morgan fingerprint density at radius 3 is 2.96 bits per heavy atom. The number of rotatable bonds is 3. The summed E-state index contributed by atoms with van der Waals surface area (Å²) < 4.78 is 25.0. The fraction of sp³-hybridized carbons (Fsp3) is 0.200. The van der Waals surface area contributed by atoms with Crippen LogP contribution in [0.25, 0.3) is 10.8 Å². The van der Waals surface area contributed by atoms with Gasteiger partial charge in [-0.05, 0) is 6.07 Å². The smallest absolute Gasteiger partial charge is 0.261 e. The second kappa shape index (κ2) is 6.79. The summed E-state index contributed by atoms with van der Waals surface area (Å²) in [5, 5.41) is 4.57. The van der Waals surface area contributed by atoms with Crippen molar-refractivity contribution in [3.63, 3.8) is 0 Å². The van der Waals surface area contributed by atoms with Crippen molar-refractivity contribution < 1.29 is 18.7 Å². The van der Waals surface area contributed by atoms with Gasteiger partial charge >= 0.3 is 0 Å². The number of hydrogen-bond donors (Lipinski definition) is 1. The van der Waals surface area contributed by atoms with Crippen LogP contribution in [0.2, 0.25) is 5.02 Å². The number of carbonyl (C=O) groups excluding carboxylic acids is 1. The lowest BCUT2D eigenvalue weighted by Gasteiger charge is -2.36. The van der Waals surface area contributed by atoms with Gasteiger partial charge in [0, 0.05) is 42.1 Å². The molecule has 0 radical (unpaired) electrons. The van der Waals surface area contributed by atoms with Gasteiger partial charge in [-0.2, -0.15) is 0 Å². The highest BCUT2D eigenvalue weighted by Gasteiger charge is 2.45. The van der Waals surface area contributed by atoms with E-state index in [4.69, 9.17) is 21.1 Å². The molecule has 1 aliphatic heterocycles. The highest BCUT2D eigenvalue weighted by molar-refractivity contribution is 6.31. The minimum Gasteiger partial charge on any atom is -0.493 e. The average molecular weight is 387 g/mol. The fourth-order valence-electron chi connectivity index (χ4n) is 3.38. The first kappa shape index (κ1) is 17.7. The number of carbonyl (C=O) groups is 1. The van der Waals surface area contributed by atoms with Crippen molar-refractivity contribution in [3.8, 4) is 5.75 Å². The van der Waals surface area contributed by atoms with E-state index in [-0.39, 0.29) is 23.8 Å². The molecule has 1 aromatic heterocycles. The van der Waals surface area contributed by atoms with Gasteiger partial charge < -0.3 is 14.8 Å². The number of nitrogens with one attached hydrogen (secondary N) is 1. The number of pyridine rings is 1. The number of aromatic nitrogens is 1. The van der Waals surface area contributed by atoms with Crippen molar-refractivity contribution in [2.75, 3.05) is 19.0 Å². The van der Waals surface area contributed by atoms with Crippen molar-refractivity contribution in [2.24, 2.45) is 0 Å². The molecule has 138 valence electrons. The summed E-state index contributed by atoms with van der Waals surface area (Å²) in [4.78, 5) is 17.4. The largest absolute Gasteiger partial charge is 0.493 e. The maximum atomic E-state index is 13.8. The van der Waals surface area contributed by atoms with E-state index in [1.165, 1.54) is 19.2 Å². The maximum absolute atomic E-state index is 13.8. The Balaban J connectivity index is 1.77. The molecule has 0 unspecified atom stereocenters. The lowest BCUT2D eigenvalue weighted by atomic mass is 9.86. The van der Waals surface area contributed by atoms with Crippen LogP contribution in [-0.4, -0.2) is 24.6 Å². The number of nitrogens with zero attached hydrogens (tertiary/aromatic N) is 1. The van der Waals surface area contributed by atoms with Gasteiger partial charge in [0.2, 0.25) is 0 Å². The van der Waals surface area contributed by atoms with Crippen molar-refractivity contribution in [2.45, 2.75) is 12.0 Å². The van der Waals surface area contributed by atoms with E-state index >= 15 is 0 Å². The zero-order valence-corrected chi connectivity index (χ0v) is 15.2. The molecular formula is C20H16ClFN2O3. The normalized spacial score (nSPS) is 18.6. The van der Waals surface area contributed by atoms with E-state index in [0.29, 0.717) is 11.3 Å². The van der Waals surface area contributed by atoms with E-state index < -0.39 is 17.3 Å². The average Bonchev–Trinajstić information content (AvgIpc) is 2.69.